The first-order chi connectivity index (χ1) is 8.68. The van der Waals surface area contributed by atoms with Crippen molar-refractivity contribution in [3.63, 3.8) is 0 Å². The molecular weight excluding hydrogens is 309 g/mol. The van der Waals surface area contributed by atoms with Gasteiger partial charge in [-0.1, -0.05) is 18.2 Å². The lowest BCUT2D eigenvalue weighted by Gasteiger charge is -2.33. The van der Waals surface area contributed by atoms with Gasteiger partial charge in [0.25, 0.3) is 0 Å². The molecule has 0 radical (unpaired) electrons. The Bertz CT molecular complexity index is 390. The molecule has 0 aromatic heterocycles. The summed E-state index contributed by atoms with van der Waals surface area (Å²) in [6, 6.07) is 7.10. The summed E-state index contributed by atoms with van der Waals surface area (Å²) >= 11 is 0. The van der Waals surface area contributed by atoms with Crippen molar-refractivity contribution in [3.8, 4) is 5.75 Å². The van der Waals surface area contributed by atoms with E-state index in [2.05, 4.69) is 15.0 Å². The van der Waals surface area contributed by atoms with Crippen LogP contribution in [0.4, 0.5) is 8.78 Å². The lowest BCUT2D eigenvalue weighted by atomic mass is 10.1. The lowest BCUT2D eigenvalue weighted by Crippen LogP contribution is -2.44. The molecule has 0 bridgehead atoms. The molecule has 1 N–H and O–H groups in total. The van der Waals surface area contributed by atoms with E-state index in [4.69, 9.17) is 0 Å². The number of hydrogen-bond donors (Lipinski definition) is 1. The summed E-state index contributed by atoms with van der Waals surface area (Å²) < 4.78 is 29.3. The molecule has 0 amide bonds. The van der Waals surface area contributed by atoms with Gasteiger partial charge in [-0.25, -0.2) is 0 Å². The Morgan fingerprint density at radius 3 is 2.35 bits per heavy atom. The predicted molar refractivity (Wildman–Crippen MR) is 80.4 cm³/mol. The van der Waals surface area contributed by atoms with Crippen LogP contribution >= 0.6 is 24.8 Å². The van der Waals surface area contributed by atoms with Gasteiger partial charge in [-0.15, -0.1) is 24.8 Å². The number of nitrogens with one attached hydrogen (secondary N) is 1. The van der Waals surface area contributed by atoms with Crippen LogP contribution in [0.25, 0.3) is 0 Å². The topological polar surface area (TPSA) is 24.5 Å². The third kappa shape index (κ3) is 5.05. The molecule has 1 aliphatic rings. The van der Waals surface area contributed by atoms with Crippen LogP contribution < -0.4 is 10.1 Å². The van der Waals surface area contributed by atoms with E-state index in [0.29, 0.717) is 0 Å². The third-order valence-corrected chi connectivity index (χ3v) is 3.28. The number of para-hydroxylation sites is 1. The fourth-order valence-corrected chi connectivity index (χ4v) is 2.30. The zero-order chi connectivity index (χ0) is 13.0. The van der Waals surface area contributed by atoms with E-state index < -0.39 is 6.61 Å². The van der Waals surface area contributed by atoms with Crippen molar-refractivity contribution in [2.75, 3.05) is 26.2 Å². The highest BCUT2D eigenvalue weighted by atomic mass is 35.5. The van der Waals surface area contributed by atoms with E-state index in [1.54, 1.807) is 12.1 Å². The Kier molecular flexibility index (Phi) is 9.05. The standard InChI is InChI=1S/C13H18F2N2O.2ClH/c1-10(17-8-6-16-7-9-17)11-4-2-3-5-12(11)18-13(14)15;;/h2-5,10,13,16H,6-9H2,1H3;2*1H/t10-;;/m1../s1. The van der Waals surface area contributed by atoms with Crippen LogP contribution in [0.2, 0.25) is 0 Å². The number of rotatable bonds is 4. The zero-order valence-electron chi connectivity index (χ0n) is 11.2. The van der Waals surface area contributed by atoms with Crippen LogP contribution in [0.15, 0.2) is 24.3 Å². The molecule has 116 valence electrons. The molecule has 0 aliphatic carbocycles. The summed E-state index contributed by atoms with van der Waals surface area (Å²) in [5, 5.41) is 3.27. The Hall–Kier alpha value is -0.620. The number of hydrogen-bond acceptors (Lipinski definition) is 3. The Balaban J connectivity index is 0.00000180. The number of piperazine rings is 1. The van der Waals surface area contributed by atoms with Gasteiger partial charge in [0, 0.05) is 37.8 Å². The molecule has 1 saturated heterocycles. The quantitative estimate of drug-likeness (QED) is 0.919. The van der Waals surface area contributed by atoms with Crippen molar-refractivity contribution in [1.29, 1.82) is 0 Å². The SMILES string of the molecule is C[C@H](c1ccccc1OC(F)F)N1CCNCC1.Cl.Cl. The maximum absolute atomic E-state index is 12.4. The van der Waals surface area contributed by atoms with Crippen LogP contribution in [-0.2, 0) is 0 Å². The Labute approximate surface area is 130 Å². The molecule has 1 heterocycles. The van der Waals surface area contributed by atoms with Crippen molar-refractivity contribution >= 4 is 24.8 Å². The first-order valence-electron chi connectivity index (χ1n) is 6.17. The number of benzene rings is 1. The highest BCUT2D eigenvalue weighted by Gasteiger charge is 2.21. The molecule has 0 saturated carbocycles. The predicted octanol–water partition coefficient (Wildman–Crippen LogP) is 3.10. The van der Waals surface area contributed by atoms with Crippen molar-refractivity contribution in [1.82, 2.24) is 10.2 Å². The Morgan fingerprint density at radius 2 is 1.75 bits per heavy atom. The van der Waals surface area contributed by atoms with Crippen molar-refractivity contribution in [2.24, 2.45) is 0 Å². The highest BCUT2D eigenvalue weighted by molar-refractivity contribution is 5.85. The molecule has 0 spiro atoms. The van der Waals surface area contributed by atoms with E-state index in [0.717, 1.165) is 31.7 Å². The van der Waals surface area contributed by atoms with Gasteiger partial charge in [-0.05, 0) is 13.0 Å². The maximum Gasteiger partial charge on any atom is 0.387 e. The van der Waals surface area contributed by atoms with Crippen LogP contribution in [-0.4, -0.2) is 37.7 Å². The van der Waals surface area contributed by atoms with Gasteiger partial charge in [0.1, 0.15) is 5.75 Å². The number of alkyl halides is 2. The van der Waals surface area contributed by atoms with Gasteiger partial charge in [0.05, 0.1) is 0 Å². The second-order valence-corrected chi connectivity index (χ2v) is 4.38. The van der Waals surface area contributed by atoms with Gasteiger partial charge in [-0.3, -0.25) is 4.90 Å². The second-order valence-electron chi connectivity index (χ2n) is 4.38. The monoisotopic (exact) mass is 328 g/mol. The fraction of sp³-hybridized carbons (Fsp3) is 0.538. The van der Waals surface area contributed by atoms with Crippen LogP contribution in [0, 0.1) is 0 Å². The average Bonchev–Trinajstić information content (AvgIpc) is 2.39. The summed E-state index contributed by atoms with van der Waals surface area (Å²) in [5.41, 5.74) is 0.819. The minimum absolute atomic E-state index is 0. The summed E-state index contributed by atoms with van der Waals surface area (Å²) in [5.74, 6) is 0.276. The summed E-state index contributed by atoms with van der Waals surface area (Å²) in [4.78, 5) is 2.27. The number of nitrogens with zero attached hydrogens (tertiary/aromatic N) is 1. The van der Waals surface area contributed by atoms with E-state index in [-0.39, 0.29) is 36.6 Å². The first-order valence-corrected chi connectivity index (χ1v) is 6.17. The molecule has 1 fully saturated rings. The van der Waals surface area contributed by atoms with Gasteiger partial charge in [-0.2, -0.15) is 8.78 Å². The van der Waals surface area contributed by atoms with Gasteiger partial charge < -0.3 is 10.1 Å². The molecule has 7 heteroatoms. The number of halogens is 4. The van der Waals surface area contributed by atoms with Gasteiger partial charge in [0.2, 0.25) is 0 Å². The fourth-order valence-electron chi connectivity index (χ4n) is 2.30. The van der Waals surface area contributed by atoms with Gasteiger partial charge >= 0.3 is 6.61 Å². The van der Waals surface area contributed by atoms with E-state index in [9.17, 15) is 8.78 Å². The molecule has 1 aromatic carbocycles. The van der Waals surface area contributed by atoms with Crippen LogP contribution in [0.3, 0.4) is 0 Å². The summed E-state index contributed by atoms with van der Waals surface area (Å²) in [6.07, 6.45) is 0. The van der Waals surface area contributed by atoms with Crippen molar-refractivity contribution < 1.29 is 13.5 Å². The molecule has 1 aromatic rings. The van der Waals surface area contributed by atoms with Crippen molar-refractivity contribution in [2.45, 2.75) is 19.6 Å². The maximum atomic E-state index is 12.4. The molecule has 1 aliphatic heterocycles. The average molecular weight is 329 g/mol. The number of ether oxygens (including phenoxy) is 1. The van der Waals surface area contributed by atoms with E-state index in [1.165, 1.54) is 0 Å². The smallest absolute Gasteiger partial charge is 0.387 e. The highest BCUT2D eigenvalue weighted by Crippen LogP contribution is 2.30. The Morgan fingerprint density at radius 1 is 1.15 bits per heavy atom. The van der Waals surface area contributed by atoms with E-state index >= 15 is 0 Å². The lowest BCUT2D eigenvalue weighted by molar-refractivity contribution is -0.0511. The van der Waals surface area contributed by atoms with Crippen LogP contribution in [0.1, 0.15) is 18.5 Å². The summed E-state index contributed by atoms with van der Waals surface area (Å²) in [6.45, 7) is 2.96. The molecule has 2 rings (SSSR count). The van der Waals surface area contributed by atoms with Crippen molar-refractivity contribution in [3.05, 3.63) is 29.8 Å². The second kappa shape index (κ2) is 9.34. The minimum Gasteiger partial charge on any atom is -0.434 e. The zero-order valence-corrected chi connectivity index (χ0v) is 12.9. The molecular formula is C13H20Cl2F2N2O. The normalized spacial score (nSPS) is 17.0. The molecule has 0 unspecified atom stereocenters. The van der Waals surface area contributed by atoms with E-state index in [1.807, 2.05) is 19.1 Å². The molecule has 1 atom stereocenters. The van der Waals surface area contributed by atoms with Crippen LogP contribution in [0.5, 0.6) is 5.75 Å². The largest absolute Gasteiger partial charge is 0.434 e. The molecule has 20 heavy (non-hydrogen) atoms. The first kappa shape index (κ1) is 19.4. The minimum atomic E-state index is -2.78. The summed E-state index contributed by atoms with van der Waals surface area (Å²) in [7, 11) is 0. The third-order valence-electron chi connectivity index (χ3n) is 3.28. The molecule has 3 nitrogen and oxygen atoms in total. The van der Waals surface area contributed by atoms with Gasteiger partial charge in [0.15, 0.2) is 0 Å².